The highest BCUT2D eigenvalue weighted by atomic mass is 32.2. The van der Waals surface area contributed by atoms with Gasteiger partial charge in [0, 0.05) is 24.6 Å². The number of amides is 3. The van der Waals surface area contributed by atoms with Crippen molar-refractivity contribution in [1.82, 2.24) is 4.90 Å². The first-order valence-corrected chi connectivity index (χ1v) is 11.2. The van der Waals surface area contributed by atoms with Crippen LogP contribution >= 0.6 is 0 Å². The molecule has 1 aliphatic heterocycles. The molecule has 8 nitrogen and oxygen atoms in total. The van der Waals surface area contributed by atoms with Gasteiger partial charge in [-0.3, -0.25) is 19.3 Å². The number of nitrogens with one attached hydrogen (secondary N) is 1. The number of likely N-dealkylation sites (tertiary alicyclic amines) is 1. The summed E-state index contributed by atoms with van der Waals surface area (Å²) in [4.78, 5) is 39.2. The van der Waals surface area contributed by atoms with E-state index in [2.05, 4.69) is 5.32 Å². The molecule has 1 aromatic rings. The van der Waals surface area contributed by atoms with Gasteiger partial charge in [-0.25, -0.2) is 13.6 Å². The van der Waals surface area contributed by atoms with Crippen LogP contribution in [0.1, 0.15) is 46.5 Å². The van der Waals surface area contributed by atoms with Crippen LogP contribution in [0.25, 0.3) is 0 Å². The molecule has 9 heteroatoms. The summed E-state index contributed by atoms with van der Waals surface area (Å²) in [6.07, 6.45) is 1.93. The number of nitrogens with two attached hydrogens (primary N) is 1. The summed E-state index contributed by atoms with van der Waals surface area (Å²) in [6.45, 7) is 6.14. The lowest BCUT2D eigenvalue weighted by atomic mass is 9.62. The van der Waals surface area contributed by atoms with E-state index in [-0.39, 0.29) is 46.9 Å². The summed E-state index contributed by atoms with van der Waals surface area (Å²) in [5.74, 6) is -0.703. The molecule has 2 fully saturated rings. The minimum Gasteiger partial charge on any atom is -0.326 e. The van der Waals surface area contributed by atoms with Crippen LogP contribution in [-0.2, 0) is 24.4 Å². The van der Waals surface area contributed by atoms with Crippen LogP contribution in [0, 0.1) is 16.7 Å². The highest BCUT2D eigenvalue weighted by molar-refractivity contribution is 7.89. The fourth-order valence-corrected chi connectivity index (χ4v) is 4.98. The first kappa shape index (κ1) is 21.4. The van der Waals surface area contributed by atoms with Crippen LogP contribution in [0.5, 0.6) is 0 Å². The summed E-state index contributed by atoms with van der Waals surface area (Å²) in [6, 6.07) is 5.54. The molecule has 1 saturated carbocycles. The van der Waals surface area contributed by atoms with Crippen molar-refractivity contribution in [3.05, 3.63) is 24.3 Å². The molecule has 29 heavy (non-hydrogen) atoms. The molecule has 2 aliphatic rings. The molecule has 1 saturated heterocycles. The Hall–Kier alpha value is -2.26. The van der Waals surface area contributed by atoms with Gasteiger partial charge in [0.2, 0.25) is 27.7 Å². The van der Waals surface area contributed by atoms with E-state index in [1.54, 1.807) is 0 Å². The SMILES string of the molecule is CC12CCC(C(=O)N(CCCC(=O)Nc3ccc(S(N)(=O)=O)cc3)C1=O)C2(C)C. The number of sulfonamides is 1. The molecule has 0 radical (unpaired) electrons. The number of carbonyl (C=O) groups is 3. The first-order valence-electron chi connectivity index (χ1n) is 9.66. The number of anilines is 1. The van der Waals surface area contributed by atoms with E-state index in [1.165, 1.54) is 29.2 Å². The highest BCUT2D eigenvalue weighted by Gasteiger charge is 2.64. The zero-order valence-corrected chi connectivity index (χ0v) is 17.7. The molecular formula is C20H27N3O5S. The molecule has 3 rings (SSSR count). The number of carbonyl (C=O) groups excluding carboxylic acids is 3. The van der Waals surface area contributed by atoms with E-state index in [0.717, 1.165) is 6.42 Å². The Morgan fingerprint density at radius 1 is 1.21 bits per heavy atom. The molecule has 1 aromatic carbocycles. The predicted molar refractivity (Wildman–Crippen MR) is 107 cm³/mol. The van der Waals surface area contributed by atoms with Crippen molar-refractivity contribution < 1.29 is 22.8 Å². The van der Waals surface area contributed by atoms with Crippen LogP contribution in [0.2, 0.25) is 0 Å². The molecule has 2 bridgehead atoms. The zero-order valence-electron chi connectivity index (χ0n) is 16.9. The number of primary sulfonamides is 1. The third kappa shape index (κ3) is 3.69. The zero-order chi connectivity index (χ0) is 21.6. The van der Waals surface area contributed by atoms with E-state index >= 15 is 0 Å². The lowest BCUT2D eigenvalue weighted by Crippen LogP contribution is -2.59. The number of imide groups is 1. The molecule has 0 spiro atoms. The Bertz CT molecular complexity index is 955. The van der Waals surface area contributed by atoms with E-state index in [1.807, 2.05) is 20.8 Å². The van der Waals surface area contributed by atoms with Crippen molar-refractivity contribution in [2.75, 3.05) is 11.9 Å². The summed E-state index contributed by atoms with van der Waals surface area (Å²) in [5, 5.41) is 7.71. The molecule has 0 aromatic heterocycles. The largest absolute Gasteiger partial charge is 0.326 e. The van der Waals surface area contributed by atoms with Gasteiger partial charge in [0.05, 0.1) is 10.3 Å². The average Bonchev–Trinajstić information content (AvgIpc) is 2.81. The van der Waals surface area contributed by atoms with Crippen molar-refractivity contribution in [2.24, 2.45) is 21.9 Å². The first-order chi connectivity index (χ1) is 13.4. The van der Waals surface area contributed by atoms with Crippen LogP contribution in [0.4, 0.5) is 5.69 Å². The number of fused-ring (bicyclic) bond motifs is 2. The van der Waals surface area contributed by atoms with Gasteiger partial charge in [-0.1, -0.05) is 20.8 Å². The Morgan fingerprint density at radius 3 is 2.41 bits per heavy atom. The average molecular weight is 422 g/mol. The lowest BCUT2D eigenvalue weighted by Gasteiger charge is -2.47. The maximum atomic E-state index is 13.0. The van der Waals surface area contributed by atoms with E-state index < -0.39 is 15.4 Å². The molecule has 1 aliphatic carbocycles. The van der Waals surface area contributed by atoms with Gasteiger partial charge >= 0.3 is 0 Å². The van der Waals surface area contributed by atoms with Crippen LogP contribution in [0.3, 0.4) is 0 Å². The summed E-state index contributed by atoms with van der Waals surface area (Å²) >= 11 is 0. The molecule has 3 amide bonds. The number of rotatable bonds is 6. The van der Waals surface area contributed by atoms with Crippen molar-refractivity contribution >= 4 is 33.4 Å². The molecule has 2 unspecified atom stereocenters. The Labute approximate surface area is 170 Å². The maximum absolute atomic E-state index is 13.0. The summed E-state index contributed by atoms with van der Waals surface area (Å²) in [5.41, 5.74) is -0.447. The summed E-state index contributed by atoms with van der Waals surface area (Å²) in [7, 11) is -3.78. The second-order valence-corrected chi connectivity index (χ2v) is 10.2. The predicted octanol–water partition coefficient (Wildman–Crippen LogP) is 1.86. The smallest absolute Gasteiger partial charge is 0.238 e. The van der Waals surface area contributed by atoms with E-state index in [0.29, 0.717) is 18.5 Å². The van der Waals surface area contributed by atoms with Crippen LogP contribution in [0.15, 0.2) is 29.2 Å². The Kier molecular flexibility index (Phi) is 5.33. The van der Waals surface area contributed by atoms with Crippen molar-refractivity contribution in [1.29, 1.82) is 0 Å². The van der Waals surface area contributed by atoms with Gasteiger partial charge in [0.1, 0.15) is 0 Å². The fourth-order valence-electron chi connectivity index (χ4n) is 4.46. The van der Waals surface area contributed by atoms with Gasteiger partial charge < -0.3 is 5.32 Å². The van der Waals surface area contributed by atoms with Gasteiger partial charge in [-0.2, -0.15) is 0 Å². The molecule has 2 atom stereocenters. The van der Waals surface area contributed by atoms with Gasteiger partial charge in [-0.05, 0) is 48.9 Å². The van der Waals surface area contributed by atoms with Crippen molar-refractivity contribution in [2.45, 2.75) is 51.3 Å². The summed E-state index contributed by atoms with van der Waals surface area (Å²) < 4.78 is 22.5. The molecule has 158 valence electrons. The third-order valence-electron chi connectivity index (χ3n) is 6.76. The molecule has 3 N–H and O–H groups in total. The third-order valence-corrected chi connectivity index (χ3v) is 7.69. The number of piperidine rings is 1. The second kappa shape index (κ2) is 7.21. The van der Waals surface area contributed by atoms with Crippen molar-refractivity contribution in [3.63, 3.8) is 0 Å². The molecular weight excluding hydrogens is 394 g/mol. The topological polar surface area (TPSA) is 127 Å². The standard InChI is InChI=1S/C20H27N3O5S/c1-19(2)15-10-11-20(19,3)18(26)23(17(15)25)12-4-5-16(24)22-13-6-8-14(9-7-13)29(21,27)28/h6-9,15H,4-5,10-12H2,1-3H3,(H,22,24)(H2,21,27,28). The number of hydrogen-bond donors (Lipinski definition) is 2. The fraction of sp³-hybridized carbons (Fsp3) is 0.550. The van der Waals surface area contributed by atoms with Crippen molar-refractivity contribution in [3.8, 4) is 0 Å². The van der Waals surface area contributed by atoms with Gasteiger partial charge in [0.15, 0.2) is 0 Å². The second-order valence-electron chi connectivity index (χ2n) is 8.66. The quantitative estimate of drug-likeness (QED) is 0.678. The minimum atomic E-state index is -3.78. The number of nitrogens with zero attached hydrogens (tertiary/aromatic N) is 1. The monoisotopic (exact) mass is 421 g/mol. The van der Waals surface area contributed by atoms with Crippen LogP contribution in [-0.4, -0.2) is 37.6 Å². The number of hydrogen-bond acceptors (Lipinski definition) is 5. The Balaban J connectivity index is 1.56. The Morgan fingerprint density at radius 2 is 1.83 bits per heavy atom. The van der Waals surface area contributed by atoms with E-state index in [4.69, 9.17) is 5.14 Å². The highest BCUT2D eigenvalue weighted by Crippen LogP contribution is 2.60. The lowest BCUT2D eigenvalue weighted by molar-refractivity contribution is -0.168. The normalized spacial score (nSPS) is 25.9. The van der Waals surface area contributed by atoms with E-state index in [9.17, 15) is 22.8 Å². The maximum Gasteiger partial charge on any atom is 0.238 e. The minimum absolute atomic E-state index is 0.0383. The molecule has 1 heterocycles. The number of benzene rings is 1. The van der Waals surface area contributed by atoms with Gasteiger partial charge in [-0.15, -0.1) is 0 Å². The van der Waals surface area contributed by atoms with Crippen LogP contribution < -0.4 is 10.5 Å². The van der Waals surface area contributed by atoms with Gasteiger partial charge in [0.25, 0.3) is 0 Å².